The van der Waals surface area contributed by atoms with Gasteiger partial charge in [0.2, 0.25) is 0 Å². The lowest BCUT2D eigenvalue weighted by atomic mass is 9.85. The van der Waals surface area contributed by atoms with Crippen LogP contribution < -0.4 is 0 Å². The van der Waals surface area contributed by atoms with E-state index in [1.54, 1.807) is 0 Å². The quantitative estimate of drug-likeness (QED) is 0.696. The normalized spacial score (nSPS) is 37.1. The van der Waals surface area contributed by atoms with Crippen molar-refractivity contribution in [1.82, 2.24) is 0 Å². The Morgan fingerprint density at radius 2 is 1.24 bits per heavy atom. The van der Waals surface area contributed by atoms with Gasteiger partial charge in [-0.2, -0.15) is 0 Å². The van der Waals surface area contributed by atoms with Crippen molar-refractivity contribution in [3.05, 3.63) is 0 Å². The summed E-state index contributed by atoms with van der Waals surface area (Å²) in [5.41, 5.74) is 0. The number of phosphoric ester groups is 1. The van der Waals surface area contributed by atoms with E-state index in [4.69, 9.17) is 9.05 Å². The highest BCUT2D eigenvalue weighted by atomic mass is 31.2. The van der Waals surface area contributed by atoms with Crippen molar-refractivity contribution in [2.24, 2.45) is 11.8 Å². The van der Waals surface area contributed by atoms with Gasteiger partial charge in [0.25, 0.3) is 0 Å². The number of hydrogen-bond donors (Lipinski definition) is 1. The minimum atomic E-state index is -3.93. The van der Waals surface area contributed by atoms with E-state index in [1.165, 1.54) is 12.8 Å². The van der Waals surface area contributed by atoms with Crippen LogP contribution in [0.2, 0.25) is 0 Å². The first-order valence-corrected chi connectivity index (χ1v) is 10.2. The molecule has 0 bridgehead atoms. The van der Waals surface area contributed by atoms with E-state index >= 15 is 0 Å². The molecule has 2 aliphatic carbocycles. The molecule has 0 radical (unpaired) electrons. The monoisotopic (exact) mass is 318 g/mol. The van der Waals surface area contributed by atoms with Gasteiger partial charge in [-0.1, -0.05) is 52.4 Å². The first-order chi connectivity index (χ1) is 10.1. The summed E-state index contributed by atoms with van der Waals surface area (Å²) in [7, 11) is -3.93. The molecule has 2 rings (SSSR count). The predicted octanol–water partition coefficient (Wildman–Crippen LogP) is 5.06. The van der Waals surface area contributed by atoms with E-state index in [-0.39, 0.29) is 12.2 Å². The molecule has 2 aliphatic rings. The van der Waals surface area contributed by atoms with E-state index in [0.717, 1.165) is 51.4 Å². The van der Waals surface area contributed by atoms with Crippen molar-refractivity contribution in [2.75, 3.05) is 0 Å². The molecule has 0 aromatic heterocycles. The van der Waals surface area contributed by atoms with Crippen molar-refractivity contribution in [3.8, 4) is 0 Å². The Morgan fingerprint density at radius 3 is 1.62 bits per heavy atom. The molecule has 4 unspecified atom stereocenters. The smallest absolute Gasteiger partial charge is 0.302 e. The van der Waals surface area contributed by atoms with Crippen LogP contribution in [0.5, 0.6) is 0 Å². The fourth-order valence-electron chi connectivity index (χ4n) is 3.93. The van der Waals surface area contributed by atoms with Crippen molar-refractivity contribution in [2.45, 2.75) is 90.3 Å². The van der Waals surface area contributed by atoms with Crippen LogP contribution in [0, 0.1) is 11.8 Å². The topological polar surface area (TPSA) is 55.8 Å². The van der Waals surface area contributed by atoms with E-state index < -0.39 is 7.82 Å². The summed E-state index contributed by atoms with van der Waals surface area (Å²) in [6.45, 7) is 4.26. The fourth-order valence-corrected chi connectivity index (χ4v) is 5.22. The Kier molecular flexibility index (Phi) is 6.74. The van der Waals surface area contributed by atoms with Gasteiger partial charge in [0.15, 0.2) is 0 Å². The number of rotatable bonds is 6. The third-order valence-electron chi connectivity index (χ3n) is 5.26. The maximum atomic E-state index is 12.4. The van der Waals surface area contributed by atoms with Crippen LogP contribution in [0.25, 0.3) is 0 Å². The van der Waals surface area contributed by atoms with Crippen LogP contribution in [0.3, 0.4) is 0 Å². The third-order valence-corrected chi connectivity index (χ3v) is 6.34. The Bertz CT molecular complexity index is 330. The zero-order chi connectivity index (χ0) is 15.3. The van der Waals surface area contributed by atoms with Crippen molar-refractivity contribution < 1.29 is 18.5 Å². The summed E-state index contributed by atoms with van der Waals surface area (Å²) in [5.74, 6) is 0.798. The Morgan fingerprint density at radius 1 is 0.857 bits per heavy atom. The summed E-state index contributed by atoms with van der Waals surface area (Å²) in [5, 5.41) is 0. The number of phosphoric acid groups is 1. The molecule has 0 heterocycles. The predicted molar refractivity (Wildman–Crippen MR) is 84.1 cm³/mol. The minimum Gasteiger partial charge on any atom is -0.302 e. The van der Waals surface area contributed by atoms with Crippen molar-refractivity contribution in [1.29, 1.82) is 0 Å². The zero-order valence-electron chi connectivity index (χ0n) is 13.5. The average molecular weight is 318 g/mol. The molecule has 0 aromatic rings. The highest BCUT2D eigenvalue weighted by Crippen LogP contribution is 2.51. The summed E-state index contributed by atoms with van der Waals surface area (Å²) in [6.07, 6.45) is 10.3. The average Bonchev–Trinajstić information content (AvgIpc) is 2.47. The molecule has 4 nitrogen and oxygen atoms in total. The van der Waals surface area contributed by atoms with Crippen molar-refractivity contribution >= 4 is 7.82 Å². The van der Waals surface area contributed by atoms with Gasteiger partial charge < -0.3 is 4.89 Å². The molecule has 0 saturated heterocycles. The molecule has 4 atom stereocenters. The van der Waals surface area contributed by atoms with Crippen LogP contribution in [0.4, 0.5) is 0 Å². The lowest BCUT2D eigenvalue weighted by Crippen LogP contribution is -2.30. The molecule has 2 fully saturated rings. The van der Waals surface area contributed by atoms with Crippen molar-refractivity contribution in [3.63, 3.8) is 0 Å². The summed E-state index contributed by atoms with van der Waals surface area (Å²) >= 11 is 0. The summed E-state index contributed by atoms with van der Waals surface area (Å²) in [6, 6.07) is 0. The molecule has 0 spiro atoms. The largest absolute Gasteiger partial charge is 0.472 e. The van der Waals surface area contributed by atoms with Gasteiger partial charge in [0, 0.05) is 0 Å². The van der Waals surface area contributed by atoms with Gasteiger partial charge in [-0.25, -0.2) is 4.57 Å². The molecule has 124 valence electrons. The molecule has 0 aliphatic heterocycles. The van der Waals surface area contributed by atoms with Gasteiger partial charge in [-0.3, -0.25) is 9.05 Å². The van der Waals surface area contributed by atoms with Crippen LogP contribution >= 0.6 is 7.82 Å². The van der Waals surface area contributed by atoms with Crippen LogP contribution in [-0.2, 0) is 13.6 Å². The lowest BCUT2D eigenvalue weighted by Gasteiger charge is -2.35. The zero-order valence-corrected chi connectivity index (χ0v) is 14.4. The van der Waals surface area contributed by atoms with E-state index in [2.05, 4.69) is 13.8 Å². The van der Waals surface area contributed by atoms with Crippen LogP contribution in [0.15, 0.2) is 0 Å². The standard InChI is InChI=1S/C16H31O4P/c1-3-13-9-5-7-11-15(13)19-21(17,18)20-16-12-8-6-10-14(16)4-2/h13-16H,3-12H2,1-2H3,(H,17,18). The summed E-state index contributed by atoms with van der Waals surface area (Å²) < 4.78 is 23.5. The molecule has 21 heavy (non-hydrogen) atoms. The summed E-state index contributed by atoms with van der Waals surface area (Å²) in [4.78, 5) is 10.2. The third kappa shape index (κ3) is 5.06. The Labute approximate surface area is 129 Å². The second-order valence-electron chi connectivity index (χ2n) is 6.66. The molecule has 1 N–H and O–H groups in total. The van der Waals surface area contributed by atoms with Crippen LogP contribution in [-0.4, -0.2) is 17.1 Å². The molecular weight excluding hydrogens is 287 g/mol. The first kappa shape index (κ1) is 17.5. The van der Waals surface area contributed by atoms with Gasteiger partial charge >= 0.3 is 7.82 Å². The molecule has 5 heteroatoms. The maximum absolute atomic E-state index is 12.4. The first-order valence-electron chi connectivity index (χ1n) is 8.75. The maximum Gasteiger partial charge on any atom is 0.472 e. The molecule has 0 aromatic carbocycles. The Balaban J connectivity index is 1.92. The number of hydrogen-bond acceptors (Lipinski definition) is 3. The minimum absolute atomic E-state index is 0.108. The van der Waals surface area contributed by atoms with E-state index in [0.29, 0.717) is 11.8 Å². The molecule has 0 amide bonds. The van der Waals surface area contributed by atoms with E-state index in [1.807, 2.05) is 0 Å². The Hall–Kier alpha value is 0.110. The van der Waals surface area contributed by atoms with E-state index in [9.17, 15) is 9.46 Å². The lowest BCUT2D eigenvalue weighted by molar-refractivity contribution is 0.00562. The van der Waals surface area contributed by atoms with Crippen LogP contribution in [0.1, 0.15) is 78.1 Å². The van der Waals surface area contributed by atoms with Gasteiger partial charge in [0.1, 0.15) is 0 Å². The van der Waals surface area contributed by atoms with Gasteiger partial charge in [-0.15, -0.1) is 0 Å². The van der Waals surface area contributed by atoms with Gasteiger partial charge in [0.05, 0.1) is 12.2 Å². The highest BCUT2D eigenvalue weighted by molar-refractivity contribution is 7.47. The second-order valence-corrected chi connectivity index (χ2v) is 8.02. The highest BCUT2D eigenvalue weighted by Gasteiger charge is 2.37. The SMILES string of the molecule is CCC1CCCCC1OP(=O)(O)OC1CCCCC1CC. The molecular formula is C16H31O4P. The molecule has 2 saturated carbocycles. The second kappa shape index (κ2) is 8.10. The fraction of sp³-hybridized carbons (Fsp3) is 1.00. The van der Waals surface area contributed by atoms with Gasteiger partial charge in [-0.05, 0) is 37.5 Å².